The van der Waals surface area contributed by atoms with E-state index in [1.807, 2.05) is 0 Å². The van der Waals surface area contributed by atoms with Crippen LogP contribution in [0.1, 0.15) is 16.8 Å². The number of benzene rings is 1. The van der Waals surface area contributed by atoms with E-state index < -0.39 is 33.8 Å². The van der Waals surface area contributed by atoms with E-state index in [-0.39, 0.29) is 30.0 Å². The third-order valence-electron chi connectivity index (χ3n) is 3.84. The van der Waals surface area contributed by atoms with Crippen molar-refractivity contribution in [3.8, 4) is 0 Å². The predicted molar refractivity (Wildman–Crippen MR) is 87.2 cm³/mol. The number of carbonyl (C=O) groups excluding carboxylic acids is 3. The van der Waals surface area contributed by atoms with Crippen LogP contribution in [0.4, 0.5) is 0 Å². The fraction of sp³-hybridized carbons (Fsp3) is 0.400. The lowest BCUT2D eigenvalue weighted by Gasteiger charge is -2.34. The molecule has 9 nitrogen and oxygen atoms in total. The number of amides is 2. The number of hydrogen-bond donors (Lipinski definition) is 2. The van der Waals surface area contributed by atoms with E-state index in [1.165, 1.54) is 43.3 Å². The van der Waals surface area contributed by atoms with Gasteiger partial charge in [-0.05, 0) is 25.2 Å². The summed E-state index contributed by atoms with van der Waals surface area (Å²) in [4.78, 5) is 37.5. The van der Waals surface area contributed by atoms with Gasteiger partial charge >= 0.3 is 5.97 Å². The minimum absolute atomic E-state index is 0.0631. The number of esters is 1. The quantitative estimate of drug-likeness (QED) is 0.649. The maximum absolute atomic E-state index is 12.8. The van der Waals surface area contributed by atoms with Crippen LogP contribution in [0.3, 0.4) is 0 Å². The van der Waals surface area contributed by atoms with Crippen molar-refractivity contribution in [1.82, 2.24) is 14.9 Å². The Kier molecular flexibility index (Phi) is 5.75. The Labute approximate surface area is 145 Å². The number of rotatable bonds is 5. The summed E-state index contributed by atoms with van der Waals surface area (Å²) in [6.45, 7) is 0.450. The maximum atomic E-state index is 12.8. The van der Waals surface area contributed by atoms with E-state index in [1.54, 1.807) is 0 Å². The summed E-state index contributed by atoms with van der Waals surface area (Å²) in [5.74, 6) is -1.60. The third kappa shape index (κ3) is 4.15. The smallest absolute Gasteiger partial charge is 0.308 e. The largest absolute Gasteiger partial charge is 0.469 e. The van der Waals surface area contributed by atoms with Gasteiger partial charge in [-0.15, -0.1) is 0 Å². The first-order valence-corrected chi connectivity index (χ1v) is 8.97. The molecule has 2 amide bonds. The van der Waals surface area contributed by atoms with E-state index in [9.17, 15) is 22.8 Å². The minimum Gasteiger partial charge on any atom is -0.469 e. The number of sulfonamides is 1. The van der Waals surface area contributed by atoms with Gasteiger partial charge in [0.2, 0.25) is 15.9 Å². The van der Waals surface area contributed by atoms with Gasteiger partial charge < -0.3 is 15.0 Å². The Balaban J connectivity index is 2.32. The molecule has 0 radical (unpaired) electrons. The van der Waals surface area contributed by atoms with Gasteiger partial charge in [-0.3, -0.25) is 14.4 Å². The van der Waals surface area contributed by atoms with Gasteiger partial charge in [0.15, 0.2) is 0 Å². The average molecular weight is 369 g/mol. The van der Waals surface area contributed by atoms with Gasteiger partial charge in [0, 0.05) is 18.7 Å². The molecule has 136 valence electrons. The normalized spacial score (nSPS) is 17.8. The molecule has 1 aliphatic rings. The molecule has 1 aromatic rings. The third-order valence-corrected chi connectivity index (χ3v) is 5.25. The monoisotopic (exact) mass is 369 g/mol. The number of nitrogens with one attached hydrogen (secondary N) is 2. The molecule has 0 aliphatic carbocycles. The van der Waals surface area contributed by atoms with Crippen LogP contribution in [0.15, 0.2) is 29.2 Å². The lowest BCUT2D eigenvalue weighted by molar-refractivity contribution is -0.145. The highest BCUT2D eigenvalue weighted by Gasteiger charge is 2.35. The standard InChI is InChI=1S/C15H19N3O6S/c1-16-25(22,23)11-5-3-4-10(8-11)15(21)18-7-6-17-14(20)12(18)9-13(19)24-2/h3-5,8,12,16H,6-7,9H2,1-2H3,(H,17,20). The van der Waals surface area contributed by atoms with Crippen LogP contribution in [0.2, 0.25) is 0 Å². The Morgan fingerprint density at radius 3 is 2.76 bits per heavy atom. The van der Waals surface area contributed by atoms with Crippen molar-refractivity contribution in [2.75, 3.05) is 27.2 Å². The van der Waals surface area contributed by atoms with Crippen LogP contribution < -0.4 is 10.0 Å². The summed E-state index contributed by atoms with van der Waals surface area (Å²) in [5, 5.41) is 2.60. The Morgan fingerprint density at radius 1 is 1.40 bits per heavy atom. The van der Waals surface area contributed by atoms with E-state index in [2.05, 4.69) is 14.8 Å². The van der Waals surface area contributed by atoms with E-state index in [0.29, 0.717) is 0 Å². The molecule has 1 heterocycles. The summed E-state index contributed by atoms with van der Waals surface area (Å²) in [5.41, 5.74) is 0.112. The molecule has 1 saturated heterocycles. The molecule has 1 unspecified atom stereocenters. The summed E-state index contributed by atoms with van der Waals surface area (Å²) in [6, 6.07) is 4.49. The number of methoxy groups -OCH3 is 1. The molecular formula is C15H19N3O6S. The molecule has 25 heavy (non-hydrogen) atoms. The van der Waals surface area contributed by atoms with E-state index >= 15 is 0 Å². The van der Waals surface area contributed by atoms with Gasteiger partial charge in [0.25, 0.3) is 5.91 Å². The second-order valence-electron chi connectivity index (χ2n) is 5.32. The molecule has 0 spiro atoms. The summed E-state index contributed by atoms with van der Waals surface area (Å²) in [6.07, 6.45) is -0.275. The van der Waals surface area contributed by atoms with Gasteiger partial charge in [-0.25, -0.2) is 13.1 Å². The maximum Gasteiger partial charge on any atom is 0.308 e. The zero-order chi connectivity index (χ0) is 18.6. The first-order valence-electron chi connectivity index (χ1n) is 7.49. The summed E-state index contributed by atoms with van der Waals surface area (Å²) >= 11 is 0. The van der Waals surface area contributed by atoms with Gasteiger partial charge in [0.05, 0.1) is 18.4 Å². The van der Waals surface area contributed by atoms with Crippen LogP contribution in [0, 0.1) is 0 Å². The van der Waals surface area contributed by atoms with E-state index in [0.717, 1.165) is 0 Å². The number of carbonyl (C=O) groups is 3. The molecule has 1 aromatic carbocycles. The zero-order valence-electron chi connectivity index (χ0n) is 13.8. The van der Waals surface area contributed by atoms with Crippen molar-refractivity contribution in [3.05, 3.63) is 29.8 Å². The topological polar surface area (TPSA) is 122 Å². The van der Waals surface area contributed by atoms with Crippen molar-refractivity contribution in [3.63, 3.8) is 0 Å². The molecule has 0 bridgehead atoms. The first kappa shape index (κ1) is 18.9. The Morgan fingerprint density at radius 2 is 2.12 bits per heavy atom. The van der Waals surface area contributed by atoms with Crippen LogP contribution in [0.25, 0.3) is 0 Å². The fourth-order valence-corrected chi connectivity index (χ4v) is 3.26. The van der Waals surface area contributed by atoms with Crippen molar-refractivity contribution < 1.29 is 27.5 Å². The molecule has 0 saturated carbocycles. The van der Waals surface area contributed by atoms with Gasteiger partial charge in [-0.1, -0.05) is 6.07 Å². The van der Waals surface area contributed by atoms with Crippen LogP contribution in [-0.2, 0) is 24.3 Å². The SMILES string of the molecule is CNS(=O)(=O)c1cccc(C(=O)N2CCNC(=O)C2CC(=O)OC)c1. The fourth-order valence-electron chi connectivity index (χ4n) is 2.48. The van der Waals surface area contributed by atoms with Crippen molar-refractivity contribution in [2.45, 2.75) is 17.4 Å². The molecule has 10 heteroatoms. The van der Waals surface area contributed by atoms with Crippen LogP contribution in [-0.4, -0.2) is 64.4 Å². The predicted octanol–water partition coefficient (Wildman–Crippen LogP) is -0.902. The van der Waals surface area contributed by atoms with Crippen molar-refractivity contribution >= 4 is 27.8 Å². The highest BCUT2D eigenvalue weighted by molar-refractivity contribution is 7.89. The number of nitrogens with zero attached hydrogens (tertiary/aromatic N) is 1. The Hall–Kier alpha value is -2.46. The molecule has 0 aromatic heterocycles. The Bertz CT molecular complexity index is 792. The second-order valence-corrected chi connectivity index (χ2v) is 7.21. The second kappa shape index (κ2) is 7.62. The number of piperazine rings is 1. The number of hydrogen-bond acceptors (Lipinski definition) is 6. The highest BCUT2D eigenvalue weighted by Crippen LogP contribution is 2.17. The van der Waals surface area contributed by atoms with Crippen LogP contribution >= 0.6 is 0 Å². The van der Waals surface area contributed by atoms with E-state index in [4.69, 9.17) is 0 Å². The zero-order valence-corrected chi connectivity index (χ0v) is 14.6. The summed E-state index contributed by atoms with van der Waals surface area (Å²) in [7, 11) is -1.24. The summed E-state index contributed by atoms with van der Waals surface area (Å²) < 4.78 is 30.5. The lowest BCUT2D eigenvalue weighted by Crippen LogP contribution is -2.57. The van der Waals surface area contributed by atoms with Crippen molar-refractivity contribution in [2.24, 2.45) is 0 Å². The van der Waals surface area contributed by atoms with Crippen LogP contribution in [0.5, 0.6) is 0 Å². The number of ether oxygens (including phenoxy) is 1. The lowest BCUT2D eigenvalue weighted by atomic mass is 10.1. The molecule has 1 aliphatic heterocycles. The van der Waals surface area contributed by atoms with Gasteiger partial charge in [0.1, 0.15) is 6.04 Å². The van der Waals surface area contributed by atoms with Gasteiger partial charge in [-0.2, -0.15) is 0 Å². The average Bonchev–Trinajstić information content (AvgIpc) is 2.62. The molecular weight excluding hydrogens is 350 g/mol. The molecule has 2 rings (SSSR count). The highest BCUT2D eigenvalue weighted by atomic mass is 32.2. The molecule has 1 atom stereocenters. The van der Waals surface area contributed by atoms with Crippen molar-refractivity contribution in [1.29, 1.82) is 0 Å². The molecule has 2 N–H and O–H groups in total. The first-order chi connectivity index (χ1) is 11.8. The minimum atomic E-state index is -3.71. The molecule has 1 fully saturated rings.